The highest BCUT2D eigenvalue weighted by Gasteiger charge is 2.06. The van der Waals surface area contributed by atoms with Crippen molar-refractivity contribution in [3.05, 3.63) is 18.5 Å². The summed E-state index contributed by atoms with van der Waals surface area (Å²) in [6.45, 7) is 5.48. The van der Waals surface area contributed by atoms with E-state index >= 15 is 0 Å². The second-order valence-electron chi connectivity index (χ2n) is 3.88. The van der Waals surface area contributed by atoms with Crippen LogP contribution in [-0.4, -0.2) is 28.4 Å². The van der Waals surface area contributed by atoms with Crippen LogP contribution in [0.5, 0.6) is 0 Å². The average Bonchev–Trinajstić information content (AvgIpc) is 2.70. The minimum absolute atomic E-state index is 0.0709. The first-order chi connectivity index (χ1) is 7.72. The van der Waals surface area contributed by atoms with E-state index in [4.69, 9.17) is 0 Å². The Kier molecular flexibility index (Phi) is 5.39. The van der Waals surface area contributed by atoms with Crippen LogP contribution in [0.15, 0.2) is 18.5 Å². The third-order valence-corrected chi connectivity index (χ3v) is 2.21. The van der Waals surface area contributed by atoms with E-state index in [-0.39, 0.29) is 12.1 Å². The van der Waals surface area contributed by atoms with E-state index in [0.717, 1.165) is 19.4 Å². The molecule has 1 aromatic heterocycles. The molecule has 1 atom stereocenters. The van der Waals surface area contributed by atoms with E-state index in [1.165, 1.54) is 0 Å². The Hall–Kier alpha value is -1.52. The summed E-state index contributed by atoms with van der Waals surface area (Å²) in [6.07, 6.45) is 5.71. The molecule has 2 N–H and O–H groups in total. The Labute approximate surface area is 96.2 Å². The highest BCUT2D eigenvalue weighted by molar-refractivity contribution is 5.74. The van der Waals surface area contributed by atoms with Crippen LogP contribution in [0.3, 0.4) is 0 Å². The molecule has 0 saturated heterocycles. The first kappa shape index (κ1) is 12.5. The van der Waals surface area contributed by atoms with Crippen molar-refractivity contribution in [1.82, 2.24) is 20.4 Å². The zero-order valence-corrected chi connectivity index (χ0v) is 9.94. The Bertz CT molecular complexity index is 297. The first-order valence-corrected chi connectivity index (χ1v) is 5.74. The van der Waals surface area contributed by atoms with E-state index in [0.29, 0.717) is 6.54 Å². The summed E-state index contributed by atoms with van der Waals surface area (Å²) in [5.41, 5.74) is 0. The van der Waals surface area contributed by atoms with E-state index in [1.54, 1.807) is 10.9 Å². The second-order valence-corrected chi connectivity index (χ2v) is 3.88. The zero-order chi connectivity index (χ0) is 11.8. The lowest BCUT2D eigenvalue weighted by atomic mass is 10.3. The molecule has 0 bridgehead atoms. The lowest BCUT2D eigenvalue weighted by Crippen LogP contribution is -2.42. The molecule has 1 aromatic rings. The van der Waals surface area contributed by atoms with Crippen molar-refractivity contribution in [2.24, 2.45) is 0 Å². The van der Waals surface area contributed by atoms with Gasteiger partial charge in [0.1, 0.15) is 0 Å². The molecule has 5 heteroatoms. The molecule has 0 aliphatic heterocycles. The van der Waals surface area contributed by atoms with Crippen molar-refractivity contribution in [2.45, 2.75) is 39.3 Å². The highest BCUT2D eigenvalue weighted by Crippen LogP contribution is 1.90. The molecule has 5 nitrogen and oxygen atoms in total. The SMILES string of the molecule is CCCCNC(=O)NC(C)Cn1cccn1. The maximum absolute atomic E-state index is 11.4. The Balaban J connectivity index is 2.18. The van der Waals surface area contributed by atoms with Gasteiger partial charge < -0.3 is 10.6 Å². The number of carbonyl (C=O) groups excluding carboxylic acids is 1. The topological polar surface area (TPSA) is 59.0 Å². The van der Waals surface area contributed by atoms with Crippen molar-refractivity contribution >= 4 is 6.03 Å². The first-order valence-electron chi connectivity index (χ1n) is 5.74. The molecule has 0 aromatic carbocycles. The van der Waals surface area contributed by atoms with Gasteiger partial charge >= 0.3 is 6.03 Å². The molecular formula is C11H20N4O. The van der Waals surface area contributed by atoms with E-state index in [1.807, 2.05) is 19.2 Å². The summed E-state index contributed by atoms with van der Waals surface area (Å²) >= 11 is 0. The number of nitrogens with one attached hydrogen (secondary N) is 2. The van der Waals surface area contributed by atoms with Crippen molar-refractivity contribution in [3.63, 3.8) is 0 Å². The molecule has 2 amide bonds. The number of nitrogens with zero attached hydrogens (tertiary/aromatic N) is 2. The molecule has 0 aliphatic rings. The van der Waals surface area contributed by atoms with Crippen molar-refractivity contribution < 1.29 is 4.79 Å². The highest BCUT2D eigenvalue weighted by atomic mass is 16.2. The van der Waals surface area contributed by atoms with Gasteiger partial charge in [-0.2, -0.15) is 5.10 Å². The largest absolute Gasteiger partial charge is 0.338 e. The van der Waals surface area contributed by atoms with E-state index in [2.05, 4.69) is 22.7 Å². The molecule has 0 radical (unpaired) electrons. The maximum atomic E-state index is 11.4. The van der Waals surface area contributed by atoms with Gasteiger partial charge in [0.25, 0.3) is 0 Å². The zero-order valence-electron chi connectivity index (χ0n) is 9.94. The van der Waals surface area contributed by atoms with Gasteiger partial charge in [-0.15, -0.1) is 0 Å². The fourth-order valence-corrected chi connectivity index (χ4v) is 1.39. The van der Waals surface area contributed by atoms with Crippen LogP contribution in [0.4, 0.5) is 4.79 Å². The van der Waals surface area contributed by atoms with Gasteiger partial charge in [0, 0.05) is 25.0 Å². The fourth-order valence-electron chi connectivity index (χ4n) is 1.39. The predicted molar refractivity (Wildman–Crippen MR) is 63.1 cm³/mol. The Morgan fingerprint density at radius 3 is 3.00 bits per heavy atom. The summed E-state index contributed by atoms with van der Waals surface area (Å²) in [7, 11) is 0. The minimum Gasteiger partial charge on any atom is -0.338 e. The van der Waals surface area contributed by atoms with Crippen molar-refractivity contribution in [1.29, 1.82) is 0 Å². The standard InChI is InChI=1S/C11H20N4O/c1-3-4-6-12-11(16)14-10(2)9-15-8-5-7-13-15/h5,7-8,10H,3-4,6,9H2,1-2H3,(H2,12,14,16). The monoisotopic (exact) mass is 224 g/mol. The number of urea groups is 1. The van der Waals surface area contributed by atoms with Crippen molar-refractivity contribution in [3.8, 4) is 0 Å². The Morgan fingerprint density at radius 1 is 1.56 bits per heavy atom. The molecule has 0 spiro atoms. The van der Waals surface area contributed by atoms with Gasteiger partial charge in [0.15, 0.2) is 0 Å². The molecule has 1 rings (SSSR count). The number of hydrogen-bond acceptors (Lipinski definition) is 2. The van der Waals surface area contributed by atoms with Gasteiger partial charge in [0.05, 0.1) is 6.54 Å². The normalized spacial score (nSPS) is 12.1. The number of carbonyl (C=O) groups is 1. The molecule has 16 heavy (non-hydrogen) atoms. The minimum atomic E-state index is -0.104. The van der Waals surface area contributed by atoms with Gasteiger partial charge in [-0.3, -0.25) is 4.68 Å². The van der Waals surface area contributed by atoms with Gasteiger partial charge in [-0.05, 0) is 19.4 Å². The maximum Gasteiger partial charge on any atom is 0.315 e. The van der Waals surface area contributed by atoms with Crippen LogP contribution in [0.1, 0.15) is 26.7 Å². The summed E-state index contributed by atoms with van der Waals surface area (Å²) in [6, 6.07) is 1.84. The number of hydrogen-bond donors (Lipinski definition) is 2. The quantitative estimate of drug-likeness (QED) is 0.717. The molecular weight excluding hydrogens is 204 g/mol. The van der Waals surface area contributed by atoms with Crippen LogP contribution in [0.2, 0.25) is 0 Å². The second kappa shape index (κ2) is 6.87. The number of unbranched alkanes of at least 4 members (excludes halogenated alkanes) is 1. The van der Waals surface area contributed by atoms with Crippen LogP contribution < -0.4 is 10.6 Å². The third kappa shape index (κ3) is 4.82. The Morgan fingerprint density at radius 2 is 2.38 bits per heavy atom. The summed E-state index contributed by atoms with van der Waals surface area (Å²) in [4.78, 5) is 11.4. The van der Waals surface area contributed by atoms with E-state index < -0.39 is 0 Å². The summed E-state index contributed by atoms with van der Waals surface area (Å²) in [5, 5.41) is 9.76. The van der Waals surface area contributed by atoms with Crippen LogP contribution >= 0.6 is 0 Å². The average molecular weight is 224 g/mol. The number of rotatable bonds is 6. The third-order valence-electron chi connectivity index (χ3n) is 2.21. The van der Waals surface area contributed by atoms with Crippen molar-refractivity contribution in [2.75, 3.05) is 6.54 Å². The van der Waals surface area contributed by atoms with Crippen LogP contribution in [0.25, 0.3) is 0 Å². The molecule has 1 unspecified atom stereocenters. The molecule has 0 fully saturated rings. The summed E-state index contributed by atoms with van der Waals surface area (Å²) < 4.78 is 1.80. The lowest BCUT2D eigenvalue weighted by Gasteiger charge is -2.14. The molecule has 1 heterocycles. The van der Waals surface area contributed by atoms with E-state index in [9.17, 15) is 4.79 Å². The summed E-state index contributed by atoms with van der Waals surface area (Å²) in [5.74, 6) is 0. The molecule has 0 aliphatic carbocycles. The van der Waals surface area contributed by atoms with Gasteiger partial charge in [-0.1, -0.05) is 13.3 Å². The fraction of sp³-hybridized carbons (Fsp3) is 0.636. The van der Waals surface area contributed by atoms with Crippen LogP contribution in [0, 0.1) is 0 Å². The molecule has 0 saturated carbocycles. The number of aromatic nitrogens is 2. The van der Waals surface area contributed by atoms with Gasteiger partial charge in [-0.25, -0.2) is 4.79 Å². The molecule has 90 valence electrons. The number of amides is 2. The van der Waals surface area contributed by atoms with Gasteiger partial charge in [0.2, 0.25) is 0 Å². The smallest absolute Gasteiger partial charge is 0.315 e. The lowest BCUT2D eigenvalue weighted by molar-refractivity contribution is 0.236. The predicted octanol–water partition coefficient (Wildman–Crippen LogP) is 1.37. The van der Waals surface area contributed by atoms with Crippen LogP contribution in [-0.2, 0) is 6.54 Å².